The monoisotopic (exact) mass is 263 g/mol. The van der Waals surface area contributed by atoms with E-state index in [9.17, 15) is 13.2 Å². The molecule has 0 aliphatic carbocycles. The van der Waals surface area contributed by atoms with Crippen molar-refractivity contribution in [3.05, 3.63) is 0 Å². The van der Waals surface area contributed by atoms with E-state index in [4.69, 9.17) is 5.11 Å². The molecule has 1 unspecified atom stereocenters. The van der Waals surface area contributed by atoms with Gasteiger partial charge in [0.15, 0.2) is 0 Å². The Morgan fingerprint density at radius 2 is 2.06 bits per heavy atom. The maximum absolute atomic E-state index is 11.7. The summed E-state index contributed by atoms with van der Waals surface area (Å²) < 4.78 is 24.9. The standard InChI is InChI=1S/C11H21NO4S/c1-10(4-5-11(13)14)6-8-12-7-2-3-9-17(12,15)16/h10H,2-9H2,1H3,(H,13,14). The maximum Gasteiger partial charge on any atom is 0.303 e. The molecule has 6 heteroatoms. The SMILES string of the molecule is CC(CCC(=O)O)CCN1CCCCS1(=O)=O. The molecule has 0 bridgehead atoms. The van der Waals surface area contributed by atoms with Crippen LogP contribution in [0.5, 0.6) is 0 Å². The topological polar surface area (TPSA) is 74.7 Å². The summed E-state index contributed by atoms with van der Waals surface area (Å²) in [6, 6.07) is 0. The van der Waals surface area contributed by atoms with Gasteiger partial charge in [0.25, 0.3) is 0 Å². The van der Waals surface area contributed by atoms with Gasteiger partial charge in [-0.15, -0.1) is 0 Å². The third-order valence-corrected chi connectivity index (χ3v) is 5.13. The zero-order chi connectivity index (χ0) is 12.9. The van der Waals surface area contributed by atoms with Crippen LogP contribution in [0.2, 0.25) is 0 Å². The van der Waals surface area contributed by atoms with Crippen LogP contribution in [0, 0.1) is 5.92 Å². The molecule has 1 aliphatic rings. The molecule has 0 spiro atoms. The molecule has 1 saturated heterocycles. The quantitative estimate of drug-likeness (QED) is 0.784. The van der Waals surface area contributed by atoms with Crippen LogP contribution in [0.25, 0.3) is 0 Å². The van der Waals surface area contributed by atoms with Crippen molar-refractivity contribution in [2.24, 2.45) is 5.92 Å². The lowest BCUT2D eigenvalue weighted by molar-refractivity contribution is -0.137. The zero-order valence-electron chi connectivity index (χ0n) is 10.3. The molecule has 0 amide bonds. The van der Waals surface area contributed by atoms with Gasteiger partial charge in [-0.05, 0) is 31.6 Å². The number of carboxylic acids is 1. The first-order valence-electron chi connectivity index (χ1n) is 6.11. The molecule has 100 valence electrons. The molecule has 1 fully saturated rings. The maximum atomic E-state index is 11.7. The van der Waals surface area contributed by atoms with Gasteiger partial charge in [0, 0.05) is 19.5 Å². The van der Waals surface area contributed by atoms with Crippen molar-refractivity contribution in [2.45, 2.75) is 39.0 Å². The van der Waals surface area contributed by atoms with Crippen LogP contribution < -0.4 is 0 Å². The number of carboxylic acid groups (broad SMARTS) is 1. The Labute approximate surface area is 103 Å². The van der Waals surface area contributed by atoms with Crippen molar-refractivity contribution in [3.63, 3.8) is 0 Å². The molecule has 0 aromatic heterocycles. The van der Waals surface area contributed by atoms with E-state index in [1.54, 1.807) is 4.31 Å². The summed E-state index contributed by atoms with van der Waals surface area (Å²) in [5.41, 5.74) is 0. The molecule has 1 rings (SSSR count). The molecule has 1 atom stereocenters. The number of aliphatic carboxylic acids is 1. The van der Waals surface area contributed by atoms with E-state index in [0.29, 0.717) is 19.5 Å². The first-order valence-corrected chi connectivity index (χ1v) is 7.72. The minimum atomic E-state index is -3.03. The first-order chi connectivity index (χ1) is 7.92. The summed E-state index contributed by atoms with van der Waals surface area (Å²) in [6.45, 7) is 3.12. The number of hydrogen-bond donors (Lipinski definition) is 1. The van der Waals surface area contributed by atoms with Gasteiger partial charge in [0.2, 0.25) is 10.0 Å². The number of rotatable bonds is 6. The number of hydrogen-bond acceptors (Lipinski definition) is 3. The minimum absolute atomic E-state index is 0.161. The van der Waals surface area contributed by atoms with E-state index < -0.39 is 16.0 Å². The lowest BCUT2D eigenvalue weighted by atomic mass is 10.0. The Morgan fingerprint density at radius 3 is 2.65 bits per heavy atom. The summed E-state index contributed by atoms with van der Waals surface area (Å²) in [6.07, 6.45) is 3.21. The van der Waals surface area contributed by atoms with Crippen molar-refractivity contribution in [1.82, 2.24) is 4.31 Å². The highest BCUT2D eigenvalue weighted by molar-refractivity contribution is 7.89. The zero-order valence-corrected chi connectivity index (χ0v) is 11.1. The van der Waals surface area contributed by atoms with Crippen LogP contribution in [-0.2, 0) is 14.8 Å². The third kappa shape index (κ3) is 5.04. The number of sulfonamides is 1. The summed E-state index contributed by atoms with van der Waals surface area (Å²) in [5, 5.41) is 8.56. The van der Waals surface area contributed by atoms with Gasteiger partial charge < -0.3 is 5.11 Å². The molecule has 0 aromatic rings. The Balaban J connectivity index is 2.31. The lowest BCUT2D eigenvalue weighted by Crippen LogP contribution is -2.38. The largest absolute Gasteiger partial charge is 0.481 e. The molecule has 0 radical (unpaired) electrons. The van der Waals surface area contributed by atoms with Crippen LogP contribution in [0.1, 0.15) is 39.0 Å². The fraction of sp³-hybridized carbons (Fsp3) is 0.909. The van der Waals surface area contributed by atoms with Gasteiger partial charge >= 0.3 is 5.97 Å². The second kappa shape index (κ2) is 6.35. The van der Waals surface area contributed by atoms with Gasteiger partial charge in [-0.1, -0.05) is 6.92 Å². The van der Waals surface area contributed by atoms with Gasteiger partial charge in [0.05, 0.1) is 5.75 Å². The van der Waals surface area contributed by atoms with Gasteiger partial charge in [0.1, 0.15) is 0 Å². The number of carbonyl (C=O) groups is 1. The fourth-order valence-corrected chi connectivity index (χ4v) is 3.59. The Hall–Kier alpha value is -0.620. The molecule has 0 saturated carbocycles. The van der Waals surface area contributed by atoms with Crippen LogP contribution in [0.3, 0.4) is 0 Å². The van der Waals surface area contributed by atoms with Crippen molar-refractivity contribution in [3.8, 4) is 0 Å². The molecule has 1 heterocycles. The van der Waals surface area contributed by atoms with Gasteiger partial charge in [-0.3, -0.25) is 4.79 Å². The smallest absolute Gasteiger partial charge is 0.303 e. The first kappa shape index (κ1) is 14.4. The summed E-state index contributed by atoms with van der Waals surface area (Å²) in [4.78, 5) is 10.4. The second-order valence-electron chi connectivity index (χ2n) is 4.75. The Morgan fingerprint density at radius 1 is 1.35 bits per heavy atom. The van der Waals surface area contributed by atoms with Crippen molar-refractivity contribution in [1.29, 1.82) is 0 Å². The average Bonchev–Trinajstić information content (AvgIpc) is 2.24. The van der Waals surface area contributed by atoms with E-state index in [1.165, 1.54) is 0 Å². The summed E-state index contributed by atoms with van der Waals surface area (Å²) in [5.74, 6) is -0.276. The van der Waals surface area contributed by atoms with Crippen LogP contribution >= 0.6 is 0 Å². The third-order valence-electron chi connectivity index (χ3n) is 3.18. The Kier molecular flexibility index (Phi) is 5.39. The van der Waals surface area contributed by atoms with Gasteiger partial charge in [-0.2, -0.15) is 0 Å². The highest BCUT2D eigenvalue weighted by Gasteiger charge is 2.25. The summed E-state index contributed by atoms with van der Waals surface area (Å²) in [7, 11) is -3.03. The molecule has 5 nitrogen and oxygen atoms in total. The molecular formula is C11H21NO4S. The lowest BCUT2D eigenvalue weighted by Gasteiger charge is -2.27. The molecule has 17 heavy (non-hydrogen) atoms. The van der Waals surface area contributed by atoms with E-state index in [2.05, 4.69) is 0 Å². The predicted octanol–water partition coefficient (Wildman–Crippen LogP) is 1.30. The van der Waals surface area contributed by atoms with E-state index in [-0.39, 0.29) is 18.1 Å². The summed E-state index contributed by atoms with van der Waals surface area (Å²) >= 11 is 0. The number of nitrogens with zero attached hydrogens (tertiary/aromatic N) is 1. The highest BCUT2D eigenvalue weighted by atomic mass is 32.2. The second-order valence-corrected chi connectivity index (χ2v) is 6.84. The average molecular weight is 263 g/mol. The fourth-order valence-electron chi connectivity index (χ4n) is 1.97. The van der Waals surface area contributed by atoms with Crippen molar-refractivity contribution < 1.29 is 18.3 Å². The minimum Gasteiger partial charge on any atom is -0.481 e. The van der Waals surface area contributed by atoms with E-state index in [0.717, 1.165) is 19.3 Å². The predicted molar refractivity (Wildman–Crippen MR) is 65.2 cm³/mol. The van der Waals surface area contributed by atoms with E-state index >= 15 is 0 Å². The Bertz CT molecular complexity index is 352. The van der Waals surface area contributed by atoms with E-state index in [1.807, 2.05) is 6.92 Å². The van der Waals surface area contributed by atoms with Crippen LogP contribution in [-0.4, -0.2) is 42.6 Å². The van der Waals surface area contributed by atoms with Crippen molar-refractivity contribution >= 4 is 16.0 Å². The molecule has 1 aliphatic heterocycles. The normalized spacial score (nSPS) is 22.2. The molecular weight excluding hydrogens is 242 g/mol. The van der Waals surface area contributed by atoms with Crippen molar-refractivity contribution in [2.75, 3.05) is 18.8 Å². The van der Waals surface area contributed by atoms with Gasteiger partial charge in [-0.25, -0.2) is 12.7 Å². The molecule has 0 aromatic carbocycles. The molecule has 1 N–H and O–H groups in total. The van der Waals surface area contributed by atoms with Crippen LogP contribution in [0.4, 0.5) is 0 Å². The highest BCUT2D eigenvalue weighted by Crippen LogP contribution is 2.17. The van der Waals surface area contributed by atoms with Crippen LogP contribution in [0.15, 0.2) is 0 Å².